The summed E-state index contributed by atoms with van der Waals surface area (Å²) in [5, 5.41) is 31.5. The van der Waals surface area contributed by atoms with Crippen LogP contribution in [0.4, 0.5) is 17.2 Å². The van der Waals surface area contributed by atoms with Gasteiger partial charge in [0.25, 0.3) is 5.69 Å². The highest BCUT2D eigenvalue weighted by atomic mass is 16.6. The lowest BCUT2D eigenvalue weighted by Crippen LogP contribution is -2.38. The molecule has 1 N–H and O–H groups in total. The number of anilines is 2. The number of hydrogen-bond acceptors (Lipinski definition) is 8. The van der Waals surface area contributed by atoms with Crippen LogP contribution < -0.4 is 10.2 Å². The lowest BCUT2D eigenvalue weighted by molar-refractivity contribution is -0.384. The normalized spacial score (nSPS) is 13.9. The summed E-state index contributed by atoms with van der Waals surface area (Å²) in [6.45, 7) is 1.29. The molecule has 1 aliphatic rings. The van der Waals surface area contributed by atoms with Crippen molar-refractivity contribution in [2.24, 2.45) is 5.92 Å². The highest BCUT2D eigenvalue weighted by Crippen LogP contribution is 2.26. The number of nitro benzene ring substituents is 1. The van der Waals surface area contributed by atoms with Gasteiger partial charge in [-0.1, -0.05) is 0 Å². The molecule has 0 radical (unpaired) electrons. The largest absolute Gasteiger partial charge is 0.355 e. The second-order valence-electron chi connectivity index (χ2n) is 7.37. The van der Waals surface area contributed by atoms with E-state index in [1.807, 2.05) is 30.3 Å². The first-order chi connectivity index (χ1) is 15.5. The van der Waals surface area contributed by atoms with Crippen molar-refractivity contribution in [1.29, 1.82) is 5.26 Å². The third-order valence-corrected chi connectivity index (χ3v) is 5.39. The molecule has 1 aromatic carbocycles. The molecule has 3 heterocycles. The van der Waals surface area contributed by atoms with E-state index in [2.05, 4.69) is 25.4 Å². The topological polar surface area (TPSA) is 138 Å². The molecule has 10 heteroatoms. The Morgan fingerprint density at radius 1 is 1.19 bits per heavy atom. The molecule has 0 spiro atoms. The zero-order chi connectivity index (χ0) is 22.5. The summed E-state index contributed by atoms with van der Waals surface area (Å²) in [6, 6.07) is 13.3. The van der Waals surface area contributed by atoms with E-state index in [9.17, 15) is 20.2 Å². The summed E-state index contributed by atoms with van der Waals surface area (Å²) in [6.07, 6.45) is 4.67. The van der Waals surface area contributed by atoms with Gasteiger partial charge in [-0.15, -0.1) is 10.2 Å². The third-order valence-electron chi connectivity index (χ3n) is 5.39. The fourth-order valence-electron chi connectivity index (χ4n) is 3.61. The predicted molar refractivity (Wildman–Crippen MR) is 117 cm³/mol. The van der Waals surface area contributed by atoms with E-state index in [-0.39, 0.29) is 28.8 Å². The summed E-state index contributed by atoms with van der Waals surface area (Å²) in [5.41, 5.74) is 1.79. The molecule has 2 aromatic heterocycles. The van der Waals surface area contributed by atoms with Crippen molar-refractivity contribution in [2.75, 3.05) is 23.3 Å². The first kappa shape index (κ1) is 20.9. The molecule has 0 unspecified atom stereocenters. The van der Waals surface area contributed by atoms with E-state index in [4.69, 9.17) is 0 Å². The molecule has 1 aliphatic heterocycles. The number of hydrogen-bond donors (Lipinski definition) is 1. The molecule has 1 fully saturated rings. The molecule has 1 saturated heterocycles. The molecule has 1 amide bonds. The van der Waals surface area contributed by atoms with Gasteiger partial charge in [-0.05, 0) is 43.2 Å². The predicted octanol–water partition coefficient (Wildman–Crippen LogP) is 3.17. The molecule has 0 saturated carbocycles. The lowest BCUT2D eigenvalue weighted by Gasteiger charge is -2.31. The molecular formula is C22H19N7O3. The van der Waals surface area contributed by atoms with Gasteiger partial charge in [0.1, 0.15) is 6.07 Å². The minimum Gasteiger partial charge on any atom is -0.355 e. The van der Waals surface area contributed by atoms with Gasteiger partial charge in [-0.3, -0.25) is 19.9 Å². The summed E-state index contributed by atoms with van der Waals surface area (Å²) in [5.74, 6) is 0.322. The first-order valence-electron chi connectivity index (χ1n) is 10.0. The van der Waals surface area contributed by atoms with E-state index < -0.39 is 4.92 Å². The van der Waals surface area contributed by atoms with Crippen LogP contribution in [0.15, 0.2) is 54.9 Å². The maximum absolute atomic E-state index is 12.7. The number of carbonyl (C=O) groups excluding carboxylic acids is 1. The Morgan fingerprint density at radius 3 is 2.62 bits per heavy atom. The minimum absolute atomic E-state index is 0.0639. The highest BCUT2D eigenvalue weighted by molar-refractivity contribution is 5.94. The van der Waals surface area contributed by atoms with Gasteiger partial charge in [0, 0.05) is 49.1 Å². The molecule has 0 bridgehead atoms. The highest BCUT2D eigenvalue weighted by Gasteiger charge is 2.26. The number of nitro groups is 1. The monoisotopic (exact) mass is 429 g/mol. The van der Waals surface area contributed by atoms with Crippen LogP contribution in [0.1, 0.15) is 18.4 Å². The van der Waals surface area contributed by atoms with E-state index >= 15 is 0 Å². The van der Waals surface area contributed by atoms with Gasteiger partial charge in [0.15, 0.2) is 5.82 Å². The Kier molecular flexibility index (Phi) is 5.98. The fourth-order valence-corrected chi connectivity index (χ4v) is 3.61. The maximum Gasteiger partial charge on any atom is 0.270 e. The smallest absolute Gasteiger partial charge is 0.270 e. The summed E-state index contributed by atoms with van der Waals surface area (Å²) in [7, 11) is 0. The van der Waals surface area contributed by atoms with Crippen LogP contribution in [0.5, 0.6) is 0 Å². The zero-order valence-electron chi connectivity index (χ0n) is 17.0. The molecular weight excluding hydrogens is 410 g/mol. The van der Waals surface area contributed by atoms with Gasteiger partial charge >= 0.3 is 0 Å². The number of pyridine rings is 1. The van der Waals surface area contributed by atoms with Crippen molar-refractivity contribution >= 4 is 23.1 Å². The zero-order valence-corrected chi connectivity index (χ0v) is 17.0. The number of rotatable bonds is 5. The standard InChI is InChI=1S/C22H19N7O3/c23-13-17-12-18(29(31)32)3-4-19(17)25-22(30)15-7-10-28(11-8-15)21-6-5-20(26-27-21)16-2-1-9-24-14-16/h1-6,9,12,14-15H,7-8,10-11H2,(H,25,30). The summed E-state index contributed by atoms with van der Waals surface area (Å²) < 4.78 is 0. The van der Waals surface area contributed by atoms with Gasteiger partial charge in [0.2, 0.25) is 5.91 Å². The molecule has 32 heavy (non-hydrogen) atoms. The lowest BCUT2D eigenvalue weighted by atomic mass is 9.95. The van der Waals surface area contributed by atoms with Crippen molar-refractivity contribution in [3.63, 3.8) is 0 Å². The van der Waals surface area contributed by atoms with Crippen molar-refractivity contribution < 1.29 is 9.72 Å². The second kappa shape index (κ2) is 9.18. The van der Waals surface area contributed by atoms with Crippen LogP contribution in [0.2, 0.25) is 0 Å². The maximum atomic E-state index is 12.7. The average molecular weight is 429 g/mol. The van der Waals surface area contributed by atoms with Crippen LogP contribution in [-0.2, 0) is 4.79 Å². The Labute approximate surface area is 183 Å². The molecule has 10 nitrogen and oxygen atoms in total. The van der Waals surface area contributed by atoms with Gasteiger partial charge in [-0.25, -0.2) is 0 Å². The first-order valence-corrected chi connectivity index (χ1v) is 10.0. The van der Waals surface area contributed by atoms with Crippen molar-refractivity contribution in [3.05, 3.63) is 70.5 Å². The van der Waals surface area contributed by atoms with Crippen LogP contribution >= 0.6 is 0 Å². The van der Waals surface area contributed by atoms with Crippen molar-refractivity contribution in [1.82, 2.24) is 15.2 Å². The molecule has 160 valence electrons. The van der Waals surface area contributed by atoms with Crippen LogP contribution in [-0.4, -0.2) is 39.1 Å². The Balaban J connectivity index is 1.36. The van der Waals surface area contributed by atoms with Crippen LogP contribution in [0.25, 0.3) is 11.3 Å². The van der Waals surface area contributed by atoms with E-state index in [1.54, 1.807) is 12.4 Å². The average Bonchev–Trinajstić information content (AvgIpc) is 2.85. The molecule has 0 atom stereocenters. The molecule has 0 aliphatic carbocycles. The summed E-state index contributed by atoms with van der Waals surface area (Å²) in [4.78, 5) is 29.2. The fraction of sp³-hybridized carbons (Fsp3) is 0.227. The number of nitriles is 1. The number of non-ortho nitro benzene ring substituents is 1. The number of nitrogens with zero attached hydrogens (tertiary/aromatic N) is 6. The molecule has 4 rings (SSSR count). The number of amides is 1. The Bertz CT molecular complexity index is 1170. The van der Waals surface area contributed by atoms with Gasteiger partial charge in [0.05, 0.1) is 21.9 Å². The van der Waals surface area contributed by atoms with Gasteiger partial charge < -0.3 is 10.2 Å². The van der Waals surface area contributed by atoms with E-state index in [1.165, 1.54) is 12.1 Å². The quantitative estimate of drug-likeness (QED) is 0.482. The van der Waals surface area contributed by atoms with E-state index in [0.29, 0.717) is 25.9 Å². The van der Waals surface area contributed by atoms with Crippen molar-refractivity contribution in [3.8, 4) is 17.3 Å². The van der Waals surface area contributed by atoms with E-state index in [0.717, 1.165) is 23.1 Å². The minimum atomic E-state index is -0.575. The number of piperidine rings is 1. The Morgan fingerprint density at radius 2 is 2.00 bits per heavy atom. The number of carbonyl (C=O) groups is 1. The SMILES string of the molecule is N#Cc1cc([N+](=O)[O-])ccc1NC(=O)C1CCN(c2ccc(-c3cccnc3)nn2)CC1. The van der Waals surface area contributed by atoms with Crippen LogP contribution in [0, 0.1) is 27.4 Å². The number of nitrogens with one attached hydrogen (secondary N) is 1. The molecule has 3 aromatic rings. The van der Waals surface area contributed by atoms with Gasteiger partial charge in [-0.2, -0.15) is 5.26 Å². The number of benzene rings is 1. The summed E-state index contributed by atoms with van der Waals surface area (Å²) >= 11 is 0. The van der Waals surface area contributed by atoms with Crippen LogP contribution in [0.3, 0.4) is 0 Å². The number of aromatic nitrogens is 3. The Hall–Kier alpha value is -4.39. The third kappa shape index (κ3) is 4.52. The van der Waals surface area contributed by atoms with Crippen molar-refractivity contribution in [2.45, 2.75) is 12.8 Å². The second-order valence-corrected chi connectivity index (χ2v) is 7.37.